The van der Waals surface area contributed by atoms with Crippen molar-refractivity contribution in [1.29, 1.82) is 0 Å². The minimum absolute atomic E-state index is 0.115. The van der Waals surface area contributed by atoms with Crippen molar-refractivity contribution in [3.63, 3.8) is 0 Å². The van der Waals surface area contributed by atoms with Crippen LogP contribution >= 0.6 is 0 Å². The monoisotopic (exact) mass is 224 g/mol. The van der Waals surface area contributed by atoms with Gasteiger partial charge in [0.25, 0.3) is 0 Å². The van der Waals surface area contributed by atoms with Gasteiger partial charge in [0, 0.05) is 0 Å². The molecular formula is C11H19F3O. The molecule has 0 amide bonds. The van der Waals surface area contributed by atoms with Crippen LogP contribution in [0.3, 0.4) is 0 Å². The van der Waals surface area contributed by atoms with Crippen molar-refractivity contribution >= 4 is 0 Å². The van der Waals surface area contributed by atoms with Gasteiger partial charge in [0.1, 0.15) is 0 Å². The van der Waals surface area contributed by atoms with Crippen molar-refractivity contribution < 1.29 is 17.9 Å². The molecular weight excluding hydrogens is 205 g/mol. The molecule has 1 aliphatic rings. The fourth-order valence-corrected chi connectivity index (χ4v) is 2.09. The van der Waals surface area contributed by atoms with Crippen LogP contribution < -0.4 is 0 Å². The minimum atomic E-state index is -4.19. The molecule has 1 nitrogen and oxygen atoms in total. The molecule has 1 fully saturated rings. The van der Waals surface area contributed by atoms with Crippen LogP contribution in [0.15, 0.2) is 0 Å². The average molecular weight is 224 g/mol. The first-order valence-corrected chi connectivity index (χ1v) is 5.37. The Balaban J connectivity index is 2.37. The lowest BCUT2D eigenvalue weighted by atomic mass is 9.82. The van der Waals surface area contributed by atoms with E-state index in [4.69, 9.17) is 4.74 Å². The number of rotatable bonds is 1. The van der Waals surface area contributed by atoms with Gasteiger partial charge in [-0.15, -0.1) is 0 Å². The van der Waals surface area contributed by atoms with E-state index in [1.165, 1.54) is 0 Å². The van der Waals surface area contributed by atoms with E-state index in [0.717, 1.165) is 6.42 Å². The highest BCUT2D eigenvalue weighted by Gasteiger charge is 2.43. The summed E-state index contributed by atoms with van der Waals surface area (Å²) in [6.07, 6.45) is -4.05. The van der Waals surface area contributed by atoms with Crippen LogP contribution in [0.2, 0.25) is 0 Å². The number of alkyl halides is 3. The third-order valence-electron chi connectivity index (χ3n) is 2.64. The standard InChI is InChI=1S/C11H19F3O/c1-10(2,3)6-8-4-5-9(15-7-8)11(12,13)14/h8-9H,4-7H2,1-3H3/t8-,9-/m1/s1. The topological polar surface area (TPSA) is 9.23 Å². The summed E-state index contributed by atoms with van der Waals surface area (Å²) in [7, 11) is 0. The van der Waals surface area contributed by atoms with Gasteiger partial charge in [-0.25, -0.2) is 0 Å². The lowest BCUT2D eigenvalue weighted by molar-refractivity contribution is -0.236. The average Bonchev–Trinajstić information content (AvgIpc) is 2.00. The molecule has 0 aromatic carbocycles. The highest BCUT2D eigenvalue weighted by Crippen LogP contribution is 2.35. The molecule has 0 radical (unpaired) electrons. The quantitative estimate of drug-likeness (QED) is 0.658. The van der Waals surface area contributed by atoms with Crippen LogP contribution in [-0.4, -0.2) is 18.9 Å². The maximum absolute atomic E-state index is 12.3. The minimum Gasteiger partial charge on any atom is -0.368 e. The van der Waals surface area contributed by atoms with E-state index >= 15 is 0 Å². The second-order valence-electron chi connectivity index (χ2n) is 5.57. The van der Waals surface area contributed by atoms with Crippen LogP contribution in [0.25, 0.3) is 0 Å². The number of hydrogen-bond acceptors (Lipinski definition) is 1. The summed E-state index contributed by atoms with van der Waals surface area (Å²) in [4.78, 5) is 0. The van der Waals surface area contributed by atoms with Gasteiger partial charge in [0.05, 0.1) is 6.61 Å². The van der Waals surface area contributed by atoms with Crippen molar-refractivity contribution in [1.82, 2.24) is 0 Å². The van der Waals surface area contributed by atoms with Gasteiger partial charge < -0.3 is 4.74 Å². The fraction of sp³-hybridized carbons (Fsp3) is 1.00. The van der Waals surface area contributed by atoms with Crippen LogP contribution in [0.4, 0.5) is 13.2 Å². The molecule has 0 aromatic rings. The summed E-state index contributed by atoms with van der Waals surface area (Å²) in [5.41, 5.74) is 0.166. The third kappa shape index (κ3) is 4.41. The maximum Gasteiger partial charge on any atom is 0.414 e. The van der Waals surface area contributed by atoms with E-state index in [1.807, 2.05) is 0 Å². The molecule has 0 aliphatic carbocycles. The van der Waals surface area contributed by atoms with Crippen molar-refractivity contribution in [3.05, 3.63) is 0 Å². The molecule has 2 atom stereocenters. The highest BCUT2D eigenvalue weighted by molar-refractivity contribution is 4.78. The van der Waals surface area contributed by atoms with Crippen molar-refractivity contribution in [2.75, 3.05) is 6.61 Å². The molecule has 1 heterocycles. The largest absolute Gasteiger partial charge is 0.414 e. The zero-order valence-corrected chi connectivity index (χ0v) is 9.53. The van der Waals surface area contributed by atoms with Crippen molar-refractivity contribution in [3.8, 4) is 0 Å². The van der Waals surface area contributed by atoms with Gasteiger partial charge in [-0.3, -0.25) is 0 Å². The van der Waals surface area contributed by atoms with Gasteiger partial charge in [-0.05, 0) is 30.6 Å². The zero-order valence-electron chi connectivity index (χ0n) is 9.53. The first-order valence-electron chi connectivity index (χ1n) is 5.37. The molecule has 0 bridgehead atoms. The fourth-order valence-electron chi connectivity index (χ4n) is 2.09. The SMILES string of the molecule is CC(C)(C)C[C@H]1CC[C@H](C(F)(F)F)OC1. The third-order valence-corrected chi connectivity index (χ3v) is 2.64. The van der Waals surface area contributed by atoms with Crippen LogP contribution in [0, 0.1) is 11.3 Å². The first kappa shape index (κ1) is 12.8. The zero-order chi connectivity index (χ0) is 11.7. The Morgan fingerprint density at radius 1 is 1.13 bits per heavy atom. The molecule has 1 saturated heterocycles. The summed E-state index contributed by atoms with van der Waals surface area (Å²) < 4.78 is 41.7. The molecule has 0 aromatic heterocycles. The lowest BCUT2D eigenvalue weighted by Crippen LogP contribution is -2.38. The predicted molar refractivity (Wildman–Crippen MR) is 52.6 cm³/mol. The second kappa shape index (κ2) is 4.32. The Hall–Kier alpha value is -0.250. The molecule has 0 saturated carbocycles. The van der Waals surface area contributed by atoms with Gasteiger partial charge in [-0.1, -0.05) is 20.8 Å². The maximum atomic E-state index is 12.3. The Morgan fingerprint density at radius 3 is 2.07 bits per heavy atom. The summed E-state index contributed by atoms with van der Waals surface area (Å²) in [5.74, 6) is 0.281. The first-order chi connectivity index (χ1) is 6.68. The van der Waals surface area contributed by atoms with Crippen LogP contribution in [0.5, 0.6) is 0 Å². The Bertz CT molecular complexity index is 197. The summed E-state index contributed by atoms with van der Waals surface area (Å²) in [5, 5.41) is 0. The number of hydrogen-bond donors (Lipinski definition) is 0. The Kier molecular flexibility index (Phi) is 3.69. The van der Waals surface area contributed by atoms with Crippen LogP contribution in [-0.2, 0) is 4.74 Å². The summed E-state index contributed by atoms with van der Waals surface area (Å²) >= 11 is 0. The van der Waals surface area contributed by atoms with E-state index in [1.54, 1.807) is 0 Å². The van der Waals surface area contributed by atoms with E-state index in [9.17, 15) is 13.2 Å². The number of ether oxygens (including phenoxy) is 1. The van der Waals surface area contributed by atoms with Gasteiger partial charge in [0.15, 0.2) is 6.10 Å². The molecule has 15 heavy (non-hydrogen) atoms. The van der Waals surface area contributed by atoms with Gasteiger partial charge in [-0.2, -0.15) is 13.2 Å². The second-order valence-corrected chi connectivity index (χ2v) is 5.57. The molecule has 90 valence electrons. The molecule has 1 aliphatic heterocycles. The van der Waals surface area contributed by atoms with Crippen molar-refractivity contribution in [2.45, 2.75) is 52.3 Å². The Morgan fingerprint density at radius 2 is 1.73 bits per heavy atom. The molecule has 0 spiro atoms. The van der Waals surface area contributed by atoms with Gasteiger partial charge >= 0.3 is 6.18 Å². The molecule has 4 heteroatoms. The molecule has 0 N–H and O–H groups in total. The van der Waals surface area contributed by atoms with E-state index in [0.29, 0.717) is 6.42 Å². The highest BCUT2D eigenvalue weighted by atomic mass is 19.4. The Labute approximate surface area is 89.0 Å². The molecule has 0 unspecified atom stereocenters. The predicted octanol–water partition coefficient (Wildman–Crippen LogP) is 3.78. The van der Waals surface area contributed by atoms with E-state index in [-0.39, 0.29) is 24.4 Å². The van der Waals surface area contributed by atoms with E-state index in [2.05, 4.69) is 20.8 Å². The van der Waals surface area contributed by atoms with Crippen molar-refractivity contribution in [2.24, 2.45) is 11.3 Å². The van der Waals surface area contributed by atoms with E-state index < -0.39 is 12.3 Å². The normalized spacial score (nSPS) is 29.2. The van der Waals surface area contributed by atoms with Crippen LogP contribution in [0.1, 0.15) is 40.0 Å². The van der Waals surface area contributed by atoms with Gasteiger partial charge in [0.2, 0.25) is 0 Å². The summed E-state index contributed by atoms with van der Waals surface area (Å²) in [6, 6.07) is 0. The smallest absolute Gasteiger partial charge is 0.368 e. The lowest BCUT2D eigenvalue weighted by Gasteiger charge is -2.33. The summed E-state index contributed by atoms with van der Waals surface area (Å²) in [6.45, 7) is 6.55. The molecule has 1 rings (SSSR count). The number of halogens is 3.